The second-order valence-corrected chi connectivity index (χ2v) is 5.38. The molecule has 0 unspecified atom stereocenters. The predicted octanol–water partition coefficient (Wildman–Crippen LogP) is 0.951. The second kappa shape index (κ2) is 7.59. The zero-order chi connectivity index (χ0) is 13.5. The van der Waals surface area contributed by atoms with Gasteiger partial charge in [0.1, 0.15) is 6.10 Å². The molecule has 1 aliphatic heterocycles. The molecule has 2 atom stereocenters. The summed E-state index contributed by atoms with van der Waals surface area (Å²) < 4.78 is 10.8. The highest BCUT2D eigenvalue weighted by Crippen LogP contribution is 2.22. The van der Waals surface area contributed by atoms with Crippen LogP contribution in [0.1, 0.15) is 17.4 Å². The van der Waals surface area contributed by atoms with Crippen LogP contribution in [0.15, 0.2) is 17.5 Å². The molecule has 0 spiro atoms. The molecule has 1 amide bonds. The smallest absolute Gasteiger partial charge is 0.225 e. The molecule has 0 bridgehead atoms. The number of hydrogen-bond acceptors (Lipinski definition) is 5. The molecule has 19 heavy (non-hydrogen) atoms. The fourth-order valence-corrected chi connectivity index (χ4v) is 2.76. The van der Waals surface area contributed by atoms with Gasteiger partial charge in [-0.1, -0.05) is 6.07 Å². The largest absolute Gasteiger partial charge is 0.394 e. The lowest BCUT2D eigenvalue weighted by atomic mass is 10.1. The van der Waals surface area contributed by atoms with Crippen LogP contribution >= 0.6 is 11.3 Å². The van der Waals surface area contributed by atoms with Crippen molar-refractivity contribution in [2.24, 2.45) is 5.92 Å². The van der Waals surface area contributed by atoms with Gasteiger partial charge in [-0.05, 0) is 17.9 Å². The van der Waals surface area contributed by atoms with E-state index in [0.29, 0.717) is 19.8 Å². The van der Waals surface area contributed by atoms with E-state index in [1.165, 1.54) is 0 Å². The van der Waals surface area contributed by atoms with E-state index < -0.39 is 0 Å². The molecule has 106 valence electrons. The molecule has 2 N–H and O–H groups in total. The molecule has 6 heteroatoms. The summed E-state index contributed by atoms with van der Waals surface area (Å²) >= 11 is 1.58. The van der Waals surface area contributed by atoms with E-state index in [1.54, 1.807) is 11.3 Å². The molecule has 2 rings (SSSR count). The summed E-state index contributed by atoms with van der Waals surface area (Å²) in [5, 5.41) is 13.7. The summed E-state index contributed by atoms with van der Waals surface area (Å²) in [6.07, 6.45) is 0.589. The zero-order valence-corrected chi connectivity index (χ0v) is 11.5. The van der Waals surface area contributed by atoms with Gasteiger partial charge in [0.05, 0.1) is 25.7 Å². The monoisotopic (exact) mass is 285 g/mol. The van der Waals surface area contributed by atoms with Crippen molar-refractivity contribution in [1.29, 1.82) is 0 Å². The third-order valence-electron chi connectivity index (χ3n) is 3.03. The van der Waals surface area contributed by atoms with Gasteiger partial charge in [0.25, 0.3) is 0 Å². The average molecular weight is 285 g/mol. The van der Waals surface area contributed by atoms with Gasteiger partial charge in [-0.25, -0.2) is 0 Å². The van der Waals surface area contributed by atoms with E-state index in [4.69, 9.17) is 14.6 Å². The van der Waals surface area contributed by atoms with Gasteiger partial charge in [-0.2, -0.15) is 0 Å². The number of rotatable bonds is 7. The van der Waals surface area contributed by atoms with Gasteiger partial charge in [0.2, 0.25) is 5.91 Å². The van der Waals surface area contributed by atoms with Gasteiger partial charge in [0.15, 0.2) is 0 Å². The molecule has 0 aliphatic carbocycles. The highest BCUT2D eigenvalue weighted by atomic mass is 32.1. The number of hydrogen-bond donors (Lipinski definition) is 2. The minimum absolute atomic E-state index is 0.0201. The number of aliphatic hydroxyl groups is 1. The van der Waals surface area contributed by atoms with Crippen LogP contribution in [0, 0.1) is 5.92 Å². The van der Waals surface area contributed by atoms with Crippen molar-refractivity contribution in [1.82, 2.24) is 5.32 Å². The Morgan fingerprint density at radius 1 is 1.68 bits per heavy atom. The molecule has 1 aromatic rings. The fraction of sp³-hybridized carbons (Fsp3) is 0.615. The Morgan fingerprint density at radius 2 is 2.58 bits per heavy atom. The first kappa shape index (κ1) is 14.5. The Bertz CT molecular complexity index is 376. The quantitative estimate of drug-likeness (QED) is 0.783. The SMILES string of the molecule is O=C(NC[C@@H](OCCO)c1cccs1)[C@@H]1CCOC1. The van der Waals surface area contributed by atoms with Crippen LogP contribution in [0.3, 0.4) is 0 Å². The summed E-state index contributed by atoms with van der Waals surface area (Å²) in [5.41, 5.74) is 0. The topological polar surface area (TPSA) is 67.8 Å². The van der Waals surface area contributed by atoms with E-state index in [9.17, 15) is 4.79 Å². The van der Waals surface area contributed by atoms with Crippen LogP contribution in [0.25, 0.3) is 0 Å². The second-order valence-electron chi connectivity index (χ2n) is 4.40. The molecular weight excluding hydrogens is 266 g/mol. The molecule has 0 aromatic carbocycles. The lowest BCUT2D eigenvalue weighted by Gasteiger charge is -2.18. The summed E-state index contributed by atoms with van der Waals surface area (Å²) in [7, 11) is 0. The number of nitrogens with one attached hydrogen (secondary N) is 1. The number of ether oxygens (including phenoxy) is 2. The standard InChI is InChI=1S/C13H19NO4S/c15-4-6-18-11(12-2-1-7-19-12)8-14-13(16)10-3-5-17-9-10/h1-2,7,10-11,15H,3-6,8-9H2,(H,14,16)/t10-,11-/m1/s1. The Kier molecular flexibility index (Phi) is 5.78. The lowest BCUT2D eigenvalue weighted by molar-refractivity contribution is -0.125. The molecule has 0 radical (unpaired) electrons. The highest BCUT2D eigenvalue weighted by molar-refractivity contribution is 7.10. The Labute approximate surface area is 116 Å². The molecule has 1 saturated heterocycles. The summed E-state index contributed by atoms with van der Waals surface area (Å²) in [4.78, 5) is 13.0. The summed E-state index contributed by atoms with van der Waals surface area (Å²) in [6, 6.07) is 3.92. The summed E-state index contributed by atoms with van der Waals surface area (Å²) in [5.74, 6) is -0.0199. The van der Waals surface area contributed by atoms with Crippen molar-refractivity contribution in [3.05, 3.63) is 22.4 Å². The first-order valence-corrected chi connectivity index (χ1v) is 7.30. The summed E-state index contributed by atoms with van der Waals surface area (Å²) in [6.45, 7) is 1.84. The molecule has 5 nitrogen and oxygen atoms in total. The third-order valence-corrected chi connectivity index (χ3v) is 4.00. The van der Waals surface area contributed by atoms with Crippen molar-refractivity contribution in [3.8, 4) is 0 Å². The fourth-order valence-electron chi connectivity index (χ4n) is 1.99. The molecule has 1 aromatic heterocycles. The number of aliphatic hydroxyl groups excluding tert-OH is 1. The Balaban J connectivity index is 1.83. The first-order chi connectivity index (χ1) is 9.31. The van der Waals surface area contributed by atoms with Crippen molar-refractivity contribution < 1.29 is 19.4 Å². The van der Waals surface area contributed by atoms with Gasteiger partial charge >= 0.3 is 0 Å². The average Bonchev–Trinajstić information content (AvgIpc) is 3.11. The molecule has 0 saturated carbocycles. The zero-order valence-electron chi connectivity index (χ0n) is 10.7. The van der Waals surface area contributed by atoms with Crippen LogP contribution in [0.2, 0.25) is 0 Å². The van der Waals surface area contributed by atoms with Gasteiger partial charge in [-0.3, -0.25) is 4.79 Å². The first-order valence-electron chi connectivity index (χ1n) is 6.42. The van der Waals surface area contributed by atoms with E-state index >= 15 is 0 Å². The Morgan fingerprint density at radius 3 is 3.21 bits per heavy atom. The van der Waals surface area contributed by atoms with Crippen molar-refractivity contribution in [2.45, 2.75) is 12.5 Å². The molecular formula is C13H19NO4S. The number of carbonyl (C=O) groups excluding carboxylic acids is 1. The van der Waals surface area contributed by atoms with Crippen molar-refractivity contribution in [3.63, 3.8) is 0 Å². The van der Waals surface area contributed by atoms with Gasteiger partial charge in [0, 0.05) is 18.0 Å². The maximum atomic E-state index is 11.9. The van der Waals surface area contributed by atoms with E-state index in [0.717, 1.165) is 11.3 Å². The molecule has 2 heterocycles. The molecule has 1 aliphatic rings. The van der Waals surface area contributed by atoms with Crippen LogP contribution in [0.5, 0.6) is 0 Å². The minimum Gasteiger partial charge on any atom is -0.394 e. The maximum absolute atomic E-state index is 11.9. The van der Waals surface area contributed by atoms with E-state index in [-0.39, 0.29) is 31.1 Å². The van der Waals surface area contributed by atoms with E-state index in [1.807, 2.05) is 17.5 Å². The van der Waals surface area contributed by atoms with Gasteiger partial charge in [-0.15, -0.1) is 11.3 Å². The van der Waals surface area contributed by atoms with Crippen LogP contribution < -0.4 is 5.32 Å². The van der Waals surface area contributed by atoms with Gasteiger partial charge < -0.3 is 19.9 Å². The maximum Gasteiger partial charge on any atom is 0.225 e. The Hall–Kier alpha value is -0.950. The number of carbonyl (C=O) groups is 1. The highest BCUT2D eigenvalue weighted by Gasteiger charge is 2.24. The molecule has 1 fully saturated rings. The van der Waals surface area contributed by atoms with E-state index in [2.05, 4.69) is 5.32 Å². The normalized spacial score (nSPS) is 20.4. The third kappa shape index (κ3) is 4.28. The van der Waals surface area contributed by atoms with Crippen LogP contribution in [0.4, 0.5) is 0 Å². The lowest BCUT2D eigenvalue weighted by Crippen LogP contribution is -2.34. The number of amides is 1. The van der Waals surface area contributed by atoms with Crippen LogP contribution in [-0.4, -0.2) is 44.0 Å². The van der Waals surface area contributed by atoms with Crippen molar-refractivity contribution in [2.75, 3.05) is 33.0 Å². The number of thiophene rings is 1. The van der Waals surface area contributed by atoms with Crippen molar-refractivity contribution >= 4 is 17.2 Å². The minimum atomic E-state index is -0.196. The predicted molar refractivity (Wildman–Crippen MR) is 72.0 cm³/mol. The van der Waals surface area contributed by atoms with Crippen LogP contribution in [-0.2, 0) is 14.3 Å².